The molecule has 2 rings (SSSR count). The molecule has 0 saturated heterocycles. The third-order valence-corrected chi connectivity index (χ3v) is 2.49. The van der Waals surface area contributed by atoms with Gasteiger partial charge in [0.15, 0.2) is 0 Å². The second kappa shape index (κ2) is 4.97. The summed E-state index contributed by atoms with van der Waals surface area (Å²) in [6.45, 7) is 3.63. The Morgan fingerprint density at radius 2 is 2.35 bits per heavy atom. The molecule has 5 nitrogen and oxygen atoms in total. The van der Waals surface area contributed by atoms with Crippen LogP contribution in [0.5, 0.6) is 0 Å². The van der Waals surface area contributed by atoms with Crippen molar-refractivity contribution < 1.29 is 9.53 Å². The molecule has 0 aliphatic heterocycles. The minimum absolute atomic E-state index is 0.338. The Morgan fingerprint density at radius 1 is 1.53 bits per heavy atom. The summed E-state index contributed by atoms with van der Waals surface area (Å²) in [5, 5.41) is 3.19. The molecule has 0 amide bonds. The molecule has 1 aromatic carbocycles. The van der Waals surface area contributed by atoms with E-state index in [1.807, 2.05) is 13.0 Å². The number of H-pyrrole nitrogens is 1. The molecule has 0 fully saturated rings. The van der Waals surface area contributed by atoms with E-state index in [1.54, 1.807) is 12.1 Å². The average Bonchev–Trinajstić information content (AvgIpc) is 2.76. The Kier molecular flexibility index (Phi) is 3.39. The number of carbonyl (C=O) groups excluding carboxylic acids is 1. The van der Waals surface area contributed by atoms with Gasteiger partial charge in [-0.2, -0.15) is 0 Å². The monoisotopic (exact) mass is 233 g/mol. The zero-order valence-electron chi connectivity index (χ0n) is 9.91. The van der Waals surface area contributed by atoms with Gasteiger partial charge in [-0.15, -0.1) is 0 Å². The van der Waals surface area contributed by atoms with Crippen molar-refractivity contribution in [3.63, 3.8) is 0 Å². The van der Waals surface area contributed by atoms with E-state index < -0.39 is 0 Å². The number of ether oxygens (including phenoxy) is 1. The molecule has 0 atom stereocenters. The van der Waals surface area contributed by atoms with Gasteiger partial charge >= 0.3 is 5.97 Å². The fourth-order valence-electron chi connectivity index (χ4n) is 1.63. The number of hydrogen-bond donors (Lipinski definition) is 2. The van der Waals surface area contributed by atoms with E-state index in [-0.39, 0.29) is 5.97 Å². The molecule has 5 heteroatoms. The summed E-state index contributed by atoms with van der Waals surface area (Å²) in [7, 11) is 1.37. The minimum Gasteiger partial charge on any atom is -0.465 e. The quantitative estimate of drug-likeness (QED) is 0.784. The van der Waals surface area contributed by atoms with Gasteiger partial charge in [0.25, 0.3) is 0 Å². The number of nitrogens with one attached hydrogen (secondary N) is 2. The predicted molar refractivity (Wildman–Crippen MR) is 64.8 cm³/mol. The van der Waals surface area contributed by atoms with Crippen LogP contribution in [-0.4, -0.2) is 29.6 Å². The molecule has 2 N–H and O–H groups in total. The van der Waals surface area contributed by atoms with Crippen molar-refractivity contribution >= 4 is 17.0 Å². The van der Waals surface area contributed by atoms with Crippen LogP contribution in [0.4, 0.5) is 0 Å². The van der Waals surface area contributed by atoms with Gasteiger partial charge in [0.05, 0.1) is 30.3 Å². The molecule has 0 spiro atoms. The van der Waals surface area contributed by atoms with Crippen LogP contribution in [0.1, 0.15) is 23.1 Å². The maximum atomic E-state index is 11.4. The molecular weight excluding hydrogens is 218 g/mol. The van der Waals surface area contributed by atoms with Gasteiger partial charge in [-0.05, 0) is 24.7 Å². The normalized spacial score (nSPS) is 10.7. The summed E-state index contributed by atoms with van der Waals surface area (Å²) in [6, 6.07) is 5.28. The lowest BCUT2D eigenvalue weighted by molar-refractivity contribution is 0.0601. The first-order chi connectivity index (χ1) is 8.24. The highest BCUT2D eigenvalue weighted by Crippen LogP contribution is 2.14. The fourth-order valence-corrected chi connectivity index (χ4v) is 1.63. The summed E-state index contributed by atoms with van der Waals surface area (Å²) < 4.78 is 4.67. The van der Waals surface area contributed by atoms with E-state index in [4.69, 9.17) is 0 Å². The third-order valence-electron chi connectivity index (χ3n) is 2.49. The zero-order valence-corrected chi connectivity index (χ0v) is 9.91. The van der Waals surface area contributed by atoms with Gasteiger partial charge in [0.2, 0.25) is 0 Å². The Hall–Kier alpha value is -1.88. The second-order valence-electron chi connectivity index (χ2n) is 3.69. The third kappa shape index (κ3) is 2.45. The number of aromatic nitrogens is 2. The van der Waals surface area contributed by atoms with Crippen molar-refractivity contribution in [2.75, 3.05) is 13.7 Å². The molecule has 0 aliphatic carbocycles. The molecule has 0 unspecified atom stereocenters. The standard InChI is InChI=1S/C12H15N3O2/c1-3-13-7-11-14-9-5-4-8(12(16)17-2)6-10(9)15-11/h4-6,13H,3,7H2,1-2H3,(H,14,15). The first-order valence-corrected chi connectivity index (χ1v) is 5.52. The summed E-state index contributed by atoms with van der Waals surface area (Å²) in [4.78, 5) is 18.9. The van der Waals surface area contributed by atoms with Gasteiger partial charge < -0.3 is 15.0 Å². The Morgan fingerprint density at radius 3 is 3.06 bits per heavy atom. The number of methoxy groups -OCH3 is 1. The predicted octanol–water partition coefficient (Wildman–Crippen LogP) is 1.46. The maximum absolute atomic E-state index is 11.4. The number of aromatic amines is 1. The number of rotatable bonds is 4. The first-order valence-electron chi connectivity index (χ1n) is 5.52. The highest BCUT2D eigenvalue weighted by atomic mass is 16.5. The average molecular weight is 233 g/mol. The minimum atomic E-state index is -0.338. The first kappa shape index (κ1) is 11.6. The van der Waals surface area contributed by atoms with Crippen molar-refractivity contribution in [2.45, 2.75) is 13.5 Å². The van der Waals surface area contributed by atoms with Gasteiger partial charge in [0.1, 0.15) is 5.82 Å². The van der Waals surface area contributed by atoms with Gasteiger partial charge in [-0.3, -0.25) is 0 Å². The Bertz CT molecular complexity index is 534. The van der Waals surface area contributed by atoms with E-state index in [1.165, 1.54) is 7.11 Å². The van der Waals surface area contributed by atoms with Crippen LogP contribution >= 0.6 is 0 Å². The molecule has 1 aromatic heterocycles. The number of imidazole rings is 1. The van der Waals surface area contributed by atoms with Crippen molar-refractivity contribution in [2.24, 2.45) is 0 Å². The van der Waals surface area contributed by atoms with E-state index >= 15 is 0 Å². The molecule has 0 bridgehead atoms. The van der Waals surface area contributed by atoms with Crippen molar-refractivity contribution in [1.29, 1.82) is 0 Å². The second-order valence-corrected chi connectivity index (χ2v) is 3.69. The molecular formula is C12H15N3O2. The molecule has 0 saturated carbocycles. The summed E-state index contributed by atoms with van der Waals surface area (Å²) in [5.74, 6) is 0.526. The molecule has 0 aliphatic rings. The molecule has 0 radical (unpaired) electrons. The van der Waals surface area contributed by atoms with Gasteiger partial charge in [-0.25, -0.2) is 9.78 Å². The number of esters is 1. The summed E-state index contributed by atoms with van der Waals surface area (Å²) in [5.41, 5.74) is 2.23. The van der Waals surface area contributed by atoms with E-state index in [9.17, 15) is 4.79 Å². The largest absolute Gasteiger partial charge is 0.465 e. The number of nitrogens with zero attached hydrogens (tertiary/aromatic N) is 1. The lowest BCUT2D eigenvalue weighted by Crippen LogP contribution is -2.12. The van der Waals surface area contributed by atoms with Crippen molar-refractivity contribution in [3.05, 3.63) is 29.6 Å². The maximum Gasteiger partial charge on any atom is 0.337 e. The molecule has 90 valence electrons. The molecule has 2 aromatic rings. The topological polar surface area (TPSA) is 67.0 Å². The molecule has 1 heterocycles. The summed E-state index contributed by atoms with van der Waals surface area (Å²) in [6.07, 6.45) is 0. The number of benzene rings is 1. The van der Waals surface area contributed by atoms with Crippen LogP contribution in [-0.2, 0) is 11.3 Å². The van der Waals surface area contributed by atoms with Crippen LogP contribution in [0.15, 0.2) is 18.2 Å². The van der Waals surface area contributed by atoms with Crippen molar-refractivity contribution in [3.8, 4) is 0 Å². The lowest BCUT2D eigenvalue weighted by Gasteiger charge is -1.97. The lowest BCUT2D eigenvalue weighted by atomic mass is 10.2. The Labute approximate surface area is 99.2 Å². The number of carbonyl (C=O) groups is 1. The van der Waals surface area contributed by atoms with E-state index in [0.717, 1.165) is 23.4 Å². The SMILES string of the molecule is CCNCc1nc2ccc(C(=O)OC)cc2[nH]1. The van der Waals surface area contributed by atoms with Crippen molar-refractivity contribution in [1.82, 2.24) is 15.3 Å². The Balaban J connectivity index is 2.31. The van der Waals surface area contributed by atoms with Crippen LogP contribution in [0, 0.1) is 0 Å². The summed E-state index contributed by atoms with van der Waals surface area (Å²) >= 11 is 0. The van der Waals surface area contributed by atoms with Crippen LogP contribution < -0.4 is 5.32 Å². The zero-order chi connectivity index (χ0) is 12.3. The van der Waals surface area contributed by atoms with E-state index in [0.29, 0.717) is 12.1 Å². The van der Waals surface area contributed by atoms with Gasteiger partial charge in [-0.1, -0.05) is 6.92 Å². The van der Waals surface area contributed by atoms with Gasteiger partial charge in [0, 0.05) is 0 Å². The number of fused-ring (bicyclic) bond motifs is 1. The molecule has 17 heavy (non-hydrogen) atoms. The van der Waals surface area contributed by atoms with Crippen LogP contribution in [0.25, 0.3) is 11.0 Å². The smallest absolute Gasteiger partial charge is 0.337 e. The van der Waals surface area contributed by atoms with E-state index in [2.05, 4.69) is 20.0 Å². The number of hydrogen-bond acceptors (Lipinski definition) is 4. The van der Waals surface area contributed by atoms with Crippen LogP contribution in [0.3, 0.4) is 0 Å². The highest BCUT2D eigenvalue weighted by Gasteiger charge is 2.08. The fraction of sp³-hybridized carbons (Fsp3) is 0.333. The highest BCUT2D eigenvalue weighted by molar-refractivity contribution is 5.93. The van der Waals surface area contributed by atoms with Crippen LogP contribution in [0.2, 0.25) is 0 Å².